The summed E-state index contributed by atoms with van der Waals surface area (Å²) in [6, 6.07) is 14.8. The number of aromatic nitrogens is 1. The molecule has 2 aromatic rings. The maximum atomic E-state index is 11.9. The summed E-state index contributed by atoms with van der Waals surface area (Å²) in [6.45, 7) is 0.399. The van der Waals surface area contributed by atoms with Crippen molar-refractivity contribution < 1.29 is 8.42 Å². The van der Waals surface area contributed by atoms with Crippen molar-refractivity contribution in [2.45, 2.75) is 10.8 Å². The van der Waals surface area contributed by atoms with Crippen LogP contribution < -0.4 is 4.72 Å². The van der Waals surface area contributed by atoms with Gasteiger partial charge in [-0.3, -0.25) is 0 Å². The van der Waals surface area contributed by atoms with E-state index in [0.717, 1.165) is 10.6 Å². The predicted molar refractivity (Wildman–Crippen MR) is 82.0 cm³/mol. The van der Waals surface area contributed by atoms with Crippen LogP contribution in [0.3, 0.4) is 0 Å². The summed E-state index contributed by atoms with van der Waals surface area (Å²) in [5.41, 5.74) is 0.789. The Balaban J connectivity index is 1.76. The Morgan fingerprint density at radius 2 is 1.80 bits per heavy atom. The van der Waals surface area contributed by atoms with Crippen molar-refractivity contribution in [3.05, 3.63) is 60.3 Å². The molecular weight excluding hydrogens is 292 g/mol. The molecule has 0 saturated heterocycles. The van der Waals surface area contributed by atoms with Crippen LogP contribution in [0.5, 0.6) is 0 Å². The lowest BCUT2D eigenvalue weighted by Crippen LogP contribution is -2.27. The second-order valence-electron chi connectivity index (χ2n) is 4.16. The summed E-state index contributed by atoms with van der Waals surface area (Å²) in [5, 5.41) is 0.898. The highest BCUT2D eigenvalue weighted by Crippen LogP contribution is 2.13. The van der Waals surface area contributed by atoms with E-state index in [1.165, 1.54) is 11.8 Å². The number of rotatable bonds is 7. The molecule has 0 radical (unpaired) electrons. The first-order valence-corrected chi connectivity index (χ1v) is 8.85. The maximum Gasteiger partial charge on any atom is 0.215 e. The van der Waals surface area contributed by atoms with Crippen LogP contribution in [0.1, 0.15) is 5.56 Å². The van der Waals surface area contributed by atoms with Crippen molar-refractivity contribution in [1.82, 2.24) is 9.71 Å². The van der Waals surface area contributed by atoms with Crippen LogP contribution in [0.4, 0.5) is 0 Å². The Morgan fingerprint density at radius 1 is 1.05 bits per heavy atom. The molecule has 1 heterocycles. The van der Waals surface area contributed by atoms with Crippen LogP contribution in [0.25, 0.3) is 0 Å². The Bertz CT molecular complexity index is 616. The quantitative estimate of drug-likeness (QED) is 0.630. The zero-order valence-electron chi connectivity index (χ0n) is 10.9. The standard InChI is InChI=1S/C14H16N2O2S2/c17-20(18,12-13-6-2-1-3-7-13)16-10-11-19-14-8-4-5-9-15-14/h1-9,16H,10-12H2. The fourth-order valence-corrected chi connectivity index (χ4v) is 3.63. The van der Waals surface area contributed by atoms with Gasteiger partial charge < -0.3 is 0 Å². The van der Waals surface area contributed by atoms with E-state index in [1.807, 2.05) is 48.5 Å². The first-order chi connectivity index (χ1) is 9.66. The molecule has 0 bridgehead atoms. The number of benzene rings is 1. The van der Waals surface area contributed by atoms with Gasteiger partial charge in [0.2, 0.25) is 10.0 Å². The number of hydrogen-bond acceptors (Lipinski definition) is 4. The Morgan fingerprint density at radius 3 is 2.50 bits per heavy atom. The predicted octanol–water partition coefficient (Wildman–Crippen LogP) is 2.29. The highest BCUT2D eigenvalue weighted by Gasteiger charge is 2.10. The molecule has 1 N–H and O–H groups in total. The van der Waals surface area contributed by atoms with Crippen LogP contribution in [0, 0.1) is 0 Å². The maximum absolute atomic E-state index is 11.9. The highest BCUT2D eigenvalue weighted by molar-refractivity contribution is 7.99. The number of nitrogens with one attached hydrogen (secondary N) is 1. The lowest BCUT2D eigenvalue weighted by atomic mass is 10.2. The van der Waals surface area contributed by atoms with Crippen molar-refractivity contribution in [3.8, 4) is 0 Å². The van der Waals surface area contributed by atoms with E-state index < -0.39 is 10.0 Å². The minimum atomic E-state index is -3.27. The van der Waals surface area contributed by atoms with Crippen molar-refractivity contribution >= 4 is 21.8 Å². The van der Waals surface area contributed by atoms with Gasteiger partial charge in [-0.05, 0) is 17.7 Å². The Hall–Kier alpha value is -1.37. The fraction of sp³-hybridized carbons (Fsp3) is 0.214. The normalized spacial score (nSPS) is 11.4. The Labute approximate surface area is 123 Å². The minimum Gasteiger partial charge on any atom is -0.250 e. The Kier molecular flexibility index (Phi) is 5.58. The molecule has 1 aromatic carbocycles. The molecule has 0 amide bonds. The van der Waals surface area contributed by atoms with E-state index in [9.17, 15) is 8.42 Å². The van der Waals surface area contributed by atoms with Crippen molar-refractivity contribution in [1.29, 1.82) is 0 Å². The third-order valence-electron chi connectivity index (χ3n) is 2.51. The number of pyridine rings is 1. The number of sulfonamides is 1. The molecule has 0 aliphatic carbocycles. The largest absolute Gasteiger partial charge is 0.250 e. The lowest BCUT2D eigenvalue weighted by Gasteiger charge is -2.06. The highest BCUT2D eigenvalue weighted by atomic mass is 32.2. The molecule has 4 nitrogen and oxygen atoms in total. The van der Waals surface area contributed by atoms with Gasteiger partial charge in [0.15, 0.2) is 0 Å². The zero-order chi connectivity index (χ0) is 14.3. The molecule has 0 atom stereocenters. The van der Waals surface area contributed by atoms with Crippen LogP contribution in [0.2, 0.25) is 0 Å². The molecule has 2 rings (SSSR count). The smallest absolute Gasteiger partial charge is 0.215 e. The fourth-order valence-electron chi connectivity index (χ4n) is 1.63. The van der Waals surface area contributed by atoms with Gasteiger partial charge in [0.25, 0.3) is 0 Å². The molecule has 0 unspecified atom stereocenters. The lowest BCUT2D eigenvalue weighted by molar-refractivity contribution is 0.583. The van der Waals surface area contributed by atoms with Gasteiger partial charge >= 0.3 is 0 Å². The van der Waals surface area contributed by atoms with Gasteiger partial charge in [-0.2, -0.15) is 0 Å². The van der Waals surface area contributed by atoms with Crippen LogP contribution in [-0.4, -0.2) is 25.7 Å². The summed E-state index contributed by atoms with van der Waals surface area (Å²) in [5.74, 6) is 0.674. The van der Waals surface area contributed by atoms with Crippen molar-refractivity contribution in [2.75, 3.05) is 12.3 Å². The van der Waals surface area contributed by atoms with Crippen LogP contribution >= 0.6 is 11.8 Å². The van der Waals surface area contributed by atoms with Gasteiger partial charge in [-0.1, -0.05) is 36.4 Å². The molecule has 6 heteroatoms. The van der Waals surface area contributed by atoms with E-state index in [-0.39, 0.29) is 5.75 Å². The average Bonchev–Trinajstić information content (AvgIpc) is 2.45. The molecule has 1 aromatic heterocycles. The van der Waals surface area contributed by atoms with E-state index in [0.29, 0.717) is 12.3 Å². The van der Waals surface area contributed by atoms with Gasteiger partial charge in [0, 0.05) is 18.5 Å². The van der Waals surface area contributed by atoms with E-state index in [2.05, 4.69) is 9.71 Å². The summed E-state index contributed by atoms with van der Waals surface area (Å²) < 4.78 is 26.4. The summed E-state index contributed by atoms with van der Waals surface area (Å²) in [7, 11) is -3.27. The van der Waals surface area contributed by atoms with E-state index in [4.69, 9.17) is 0 Å². The first-order valence-electron chi connectivity index (χ1n) is 6.21. The molecule has 0 aliphatic heterocycles. The third-order valence-corrected chi connectivity index (χ3v) is 4.81. The zero-order valence-corrected chi connectivity index (χ0v) is 12.5. The molecule has 0 fully saturated rings. The van der Waals surface area contributed by atoms with Crippen molar-refractivity contribution in [2.24, 2.45) is 0 Å². The number of hydrogen-bond donors (Lipinski definition) is 1. The molecular formula is C14H16N2O2S2. The second kappa shape index (κ2) is 7.42. The van der Waals surface area contributed by atoms with Gasteiger partial charge in [0.05, 0.1) is 10.8 Å². The number of thioether (sulfide) groups is 1. The topological polar surface area (TPSA) is 59.1 Å². The second-order valence-corrected chi connectivity index (χ2v) is 7.08. The molecule has 20 heavy (non-hydrogen) atoms. The van der Waals surface area contributed by atoms with Crippen molar-refractivity contribution in [3.63, 3.8) is 0 Å². The average molecular weight is 308 g/mol. The monoisotopic (exact) mass is 308 g/mol. The first kappa shape index (κ1) is 15.0. The summed E-state index contributed by atoms with van der Waals surface area (Å²) >= 11 is 1.53. The summed E-state index contributed by atoms with van der Waals surface area (Å²) in [4.78, 5) is 4.17. The third kappa shape index (κ3) is 5.32. The number of nitrogens with zero attached hydrogens (tertiary/aromatic N) is 1. The molecule has 0 aliphatic rings. The van der Waals surface area contributed by atoms with Gasteiger partial charge in [0.1, 0.15) is 0 Å². The molecule has 0 spiro atoms. The van der Waals surface area contributed by atoms with Crippen LogP contribution in [-0.2, 0) is 15.8 Å². The minimum absolute atomic E-state index is 0.0160. The van der Waals surface area contributed by atoms with E-state index >= 15 is 0 Å². The summed E-state index contributed by atoms with van der Waals surface area (Å²) in [6.07, 6.45) is 1.72. The van der Waals surface area contributed by atoms with Crippen LogP contribution in [0.15, 0.2) is 59.8 Å². The van der Waals surface area contributed by atoms with Gasteiger partial charge in [-0.15, -0.1) is 11.8 Å². The van der Waals surface area contributed by atoms with Gasteiger partial charge in [-0.25, -0.2) is 18.1 Å². The van der Waals surface area contributed by atoms with E-state index in [1.54, 1.807) is 6.20 Å². The SMILES string of the molecule is O=S(=O)(Cc1ccccc1)NCCSc1ccccn1. The molecule has 106 valence electrons. The molecule has 0 saturated carbocycles.